The van der Waals surface area contributed by atoms with Crippen LogP contribution in [0.2, 0.25) is 10.0 Å². The lowest BCUT2D eigenvalue weighted by Crippen LogP contribution is -2.18. The summed E-state index contributed by atoms with van der Waals surface area (Å²) in [4.78, 5) is 12.5. The van der Waals surface area contributed by atoms with Crippen molar-refractivity contribution in [2.45, 2.75) is 6.61 Å². The molecule has 0 spiro atoms. The number of nitrogens with zero attached hydrogens (tertiary/aromatic N) is 1. The van der Waals surface area contributed by atoms with E-state index in [0.29, 0.717) is 32.7 Å². The maximum absolute atomic E-state index is 12.5. The Hall–Kier alpha value is -3.22. The van der Waals surface area contributed by atoms with Crippen molar-refractivity contribution in [3.05, 3.63) is 87.4 Å². The van der Waals surface area contributed by atoms with Gasteiger partial charge in [0.1, 0.15) is 12.4 Å². The van der Waals surface area contributed by atoms with Crippen LogP contribution in [0.1, 0.15) is 21.5 Å². The van der Waals surface area contributed by atoms with Gasteiger partial charge < -0.3 is 14.6 Å². The van der Waals surface area contributed by atoms with E-state index in [1.165, 1.54) is 19.4 Å². The van der Waals surface area contributed by atoms with Crippen molar-refractivity contribution in [1.82, 2.24) is 5.43 Å². The minimum atomic E-state index is -0.435. The number of phenols is 1. The first-order valence-corrected chi connectivity index (χ1v) is 9.59. The number of carbonyl (C=O) groups is 1. The second-order valence-electron chi connectivity index (χ2n) is 6.15. The quantitative estimate of drug-likeness (QED) is 0.394. The van der Waals surface area contributed by atoms with Gasteiger partial charge in [-0.1, -0.05) is 41.4 Å². The van der Waals surface area contributed by atoms with Crippen LogP contribution in [0.4, 0.5) is 0 Å². The Morgan fingerprint density at radius 2 is 1.90 bits per heavy atom. The SMILES string of the molecule is COc1cc(/C=N/NC(=O)c2ccccc2OCc2ccc(Cl)cc2Cl)ccc1O. The molecular formula is C22H18Cl2N2O4. The summed E-state index contributed by atoms with van der Waals surface area (Å²) < 4.78 is 10.8. The largest absolute Gasteiger partial charge is 0.504 e. The average Bonchev–Trinajstić information content (AvgIpc) is 2.74. The molecule has 8 heteroatoms. The Kier molecular flexibility index (Phi) is 7.17. The average molecular weight is 445 g/mol. The lowest BCUT2D eigenvalue weighted by molar-refractivity contribution is 0.0950. The molecule has 0 fully saturated rings. The number of rotatable bonds is 7. The third-order valence-electron chi connectivity index (χ3n) is 4.11. The standard InChI is InChI=1S/C22H18Cl2N2O4/c1-29-21-10-14(6-9-19(21)27)12-25-26-22(28)17-4-2-3-5-20(17)30-13-15-7-8-16(23)11-18(15)24/h2-12,27H,13H2,1H3,(H,26,28)/b25-12+. The Bertz CT molecular complexity index is 1090. The zero-order chi connectivity index (χ0) is 21.5. The minimum absolute atomic E-state index is 0.0190. The van der Waals surface area contributed by atoms with Gasteiger partial charge in [0, 0.05) is 15.6 Å². The third-order valence-corrected chi connectivity index (χ3v) is 4.70. The Labute approximate surface area is 183 Å². The molecule has 0 bridgehead atoms. The van der Waals surface area contributed by atoms with E-state index in [4.69, 9.17) is 32.7 Å². The van der Waals surface area contributed by atoms with E-state index in [-0.39, 0.29) is 12.4 Å². The van der Waals surface area contributed by atoms with Crippen LogP contribution in [0, 0.1) is 0 Å². The summed E-state index contributed by atoms with van der Waals surface area (Å²) in [5, 5.41) is 14.6. The number of ether oxygens (including phenoxy) is 2. The number of hydrazone groups is 1. The zero-order valence-corrected chi connectivity index (χ0v) is 17.4. The van der Waals surface area contributed by atoms with Crippen LogP contribution in [-0.2, 0) is 6.61 Å². The number of benzene rings is 3. The molecule has 2 N–H and O–H groups in total. The molecule has 1 amide bonds. The smallest absolute Gasteiger partial charge is 0.275 e. The fourth-order valence-corrected chi connectivity index (χ4v) is 3.04. The molecule has 0 saturated heterocycles. The highest BCUT2D eigenvalue weighted by atomic mass is 35.5. The first-order valence-electron chi connectivity index (χ1n) is 8.84. The van der Waals surface area contributed by atoms with E-state index in [1.807, 2.05) is 0 Å². The van der Waals surface area contributed by atoms with Crippen molar-refractivity contribution < 1.29 is 19.4 Å². The fraction of sp³-hybridized carbons (Fsp3) is 0.0909. The molecule has 0 aromatic heterocycles. The van der Waals surface area contributed by atoms with Gasteiger partial charge in [0.2, 0.25) is 0 Å². The van der Waals surface area contributed by atoms with Gasteiger partial charge in [-0.05, 0) is 48.0 Å². The molecule has 0 heterocycles. The highest BCUT2D eigenvalue weighted by molar-refractivity contribution is 6.35. The Balaban J connectivity index is 1.68. The van der Waals surface area contributed by atoms with Crippen molar-refractivity contribution in [2.75, 3.05) is 7.11 Å². The fourth-order valence-electron chi connectivity index (χ4n) is 2.57. The summed E-state index contributed by atoms with van der Waals surface area (Å²) in [6.07, 6.45) is 1.44. The van der Waals surface area contributed by atoms with Crippen molar-refractivity contribution in [2.24, 2.45) is 5.10 Å². The predicted octanol–water partition coefficient (Wildman–Crippen LogP) is 5.05. The molecule has 0 unspecified atom stereocenters. The van der Waals surface area contributed by atoms with Crippen LogP contribution < -0.4 is 14.9 Å². The van der Waals surface area contributed by atoms with E-state index in [9.17, 15) is 9.90 Å². The van der Waals surface area contributed by atoms with Crippen molar-refractivity contribution in [3.63, 3.8) is 0 Å². The highest BCUT2D eigenvalue weighted by Gasteiger charge is 2.12. The van der Waals surface area contributed by atoms with Gasteiger partial charge >= 0.3 is 0 Å². The van der Waals surface area contributed by atoms with Gasteiger partial charge in [-0.25, -0.2) is 5.43 Å². The second-order valence-corrected chi connectivity index (χ2v) is 6.99. The summed E-state index contributed by atoms with van der Waals surface area (Å²) >= 11 is 12.1. The number of halogens is 2. The minimum Gasteiger partial charge on any atom is -0.504 e. The topological polar surface area (TPSA) is 80.2 Å². The number of nitrogens with one attached hydrogen (secondary N) is 1. The number of amides is 1. The molecule has 0 radical (unpaired) electrons. The van der Waals surface area contributed by atoms with Gasteiger partial charge in [0.15, 0.2) is 11.5 Å². The summed E-state index contributed by atoms with van der Waals surface area (Å²) in [7, 11) is 1.45. The second kappa shape index (κ2) is 10.0. The zero-order valence-electron chi connectivity index (χ0n) is 15.9. The van der Waals surface area contributed by atoms with E-state index in [2.05, 4.69) is 10.5 Å². The summed E-state index contributed by atoms with van der Waals surface area (Å²) in [5.41, 5.74) is 4.17. The molecule has 154 valence electrons. The van der Waals surface area contributed by atoms with Gasteiger partial charge in [0.25, 0.3) is 5.91 Å². The molecule has 0 atom stereocenters. The van der Waals surface area contributed by atoms with Crippen molar-refractivity contribution in [3.8, 4) is 17.2 Å². The Morgan fingerprint density at radius 1 is 1.10 bits per heavy atom. The van der Waals surface area contributed by atoms with Gasteiger partial charge in [-0.2, -0.15) is 5.10 Å². The normalized spacial score (nSPS) is 10.8. The van der Waals surface area contributed by atoms with Crippen molar-refractivity contribution in [1.29, 1.82) is 0 Å². The molecule has 30 heavy (non-hydrogen) atoms. The van der Waals surface area contributed by atoms with E-state index in [1.54, 1.807) is 54.6 Å². The van der Waals surface area contributed by atoms with E-state index < -0.39 is 5.91 Å². The lowest BCUT2D eigenvalue weighted by Gasteiger charge is -2.11. The van der Waals surface area contributed by atoms with Crippen LogP contribution in [0.5, 0.6) is 17.2 Å². The summed E-state index contributed by atoms with van der Waals surface area (Å²) in [6, 6.07) is 16.6. The third kappa shape index (κ3) is 5.43. The molecule has 3 aromatic rings. The van der Waals surface area contributed by atoms with Crippen LogP contribution in [0.3, 0.4) is 0 Å². The molecule has 0 aliphatic heterocycles. The Morgan fingerprint density at radius 3 is 2.67 bits per heavy atom. The van der Waals surface area contributed by atoms with Crippen molar-refractivity contribution >= 4 is 35.3 Å². The molecule has 3 rings (SSSR count). The summed E-state index contributed by atoms with van der Waals surface area (Å²) in [5.74, 6) is 0.285. The van der Waals surface area contributed by atoms with Crippen LogP contribution in [0.25, 0.3) is 0 Å². The maximum atomic E-state index is 12.5. The lowest BCUT2D eigenvalue weighted by atomic mass is 10.2. The molecular weight excluding hydrogens is 427 g/mol. The number of hydrogen-bond acceptors (Lipinski definition) is 5. The number of methoxy groups -OCH3 is 1. The number of carbonyl (C=O) groups excluding carboxylic acids is 1. The van der Waals surface area contributed by atoms with Crippen LogP contribution in [0.15, 0.2) is 65.8 Å². The molecule has 0 saturated carbocycles. The first-order chi connectivity index (χ1) is 14.5. The van der Waals surface area contributed by atoms with E-state index in [0.717, 1.165) is 5.56 Å². The van der Waals surface area contributed by atoms with Gasteiger partial charge in [0.05, 0.1) is 18.9 Å². The molecule has 6 nitrogen and oxygen atoms in total. The molecule has 0 aliphatic rings. The number of para-hydroxylation sites is 1. The van der Waals surface area contributed by atoms with Gasteiger partial charge in [-0.15, -0.1) is 0 Å². The number of aromatic hydroxyl groups is 1. The number of phenolic OH excluding ortho intramolecular Hbond substituents is 1. The highest BCUT2D eigenvalue weighted by Crippen LogP contribution is 2.26. The van der Waals surface area contributed by atoms with E-state index >= 15 is 0 Å². The van der Waals surface area contributed by atoms with Crippen LogP contribution in [-0.4, -0.2) is 24.3 Å². The van der Waals surface area contributed by atoms with Crippen LogP contribution >= 0.6 is 23.2 Å². The number of hydrogen-bond donors (Lipinski definition) is 2. The first kappa shape index (κ1) is 21.5. The monoisotopic (exact) mass is 444 g/mol. The summed E-state index contributed by atoms with van der Waals surface area (Å²) in [6.45, 7) is 0.177. The van der Waals surface area contributed by atoms with Gasteiger partial charge in [-0.3, -0.25) is 4.79 Å². The molecule has 0 aliphatic carbocycles. The predicted molar refractivity (Wildman–Crippen MR) is 117 cm³/mol. The maximum Gasteiger partial charge on any atom is 0.275 e. The molecule has 3 aromatic carbocycles.